The number of hydrogen-bond acceptors (Lipinski definition) is 3. The summed E-state index contributed by atoms with van der Waals surface area (Å²) >= 11 is 10.0. The molecule has 5 heteroatoms. The average Bonchev–Trinajstić information content (AvgIpc) is 2.79. The van der Waals surface area contributed by atoms with Gasteiger partial charge < -0.3 is 5.32 Å². The van der Waals surface area contributed by atoms with Gasteiger partial charge in [0.25, 0.3) is 5.91 Å². The summed E-state index contributed by atoms with van der Waals surface area (Å²) in [5, 5.41) is 3.26. The lowest BCUT2D eigenvalue weighted by atomic mass is 10.1. The third-order valence-corrected chi connectivity index (χ3v) is 6.87. The summed E-state index contributed by atoms with van der Waals surface area (Å²) in [7, 11) is 0. The first-order chi connectivity index (χ1) is 9.74. The van der Waals surface area contributed by atoms with E-state index in [4.69, 9.17) is 11.6 Å². The van der Waals surface area contributed by atoms with E-state index in [1.54, 1.807) is 11.3 Å². The number of thiophene rings is 1. The number of carbonyl (C=O) groups excluding carboxylic acids is 1. The van der Waals surface area contributed by atoms with E-state index in [9.17, 15) is 4.79 Å². The standard InChI is InChI=1S/C15H20ClNOS2/c16-11-4-2-1-3-5-12(11)17-15(18)14-8-10-9-19-7-6-13(10)20-14/h8,11-12H,1-7,9H2,(H,17,18). The number of hydrogen-bond donors (Lipinski definition) is 1. The van der Waals surface area contributed by atoms with Gasteiger partial charge in [0.1, 0.15) is 0 Å². The number of halogens is 1. The van der Waals surface area contributed by atoms with Gasteiger partial charge in [0, 0.05) is 16.7 Å². The molecule has 1 aromatic rings. The summed E-state index contributed by atoms with van der Waals surface area (Å²) in [4.78, 5) is 14.7. The van der Waals surface area contributed by atoms with Crippen LogP contribution in [-0.2, 0) is 12.2 Å². The van der Waals surface area contributed by atoms with Crippen molar-refractivity contribution in [1.82, 2.24) is 5.32 Å². The monoisotopic (exact) mass is 329 g/mol. The lowest BCUT2D eigenvalue weighted by Gasteiger charge is -2.20. The summed E-state index contributed by atoms with van der Waals surface area (Å²) in [6, 6.07) is 2.22. The molecule has 0 saturated heterocycles. The molecule has 1 amide bonds. The van der Waals surface area contributed by atoms with Gasteiger partial charge in [-0.15, -0.1) is 22.9 Å². The lowest BCUT2D eigenvalue weighted by molar-refractivity contribution is 0.0938. The van der Waals surface area contributed by atoms with Crippen LogP contribution in [0, 0.1) is 0 Å². The summed E-state index contributed by atoms with van der Waals surface area (Å²) in [5.74, 6) is 2.31. The average molecular weight is 330 g/mol. The van der Waals surface area contributed by atoms with Crippen LogP contribution in [0.4, 0.5) is 0 Å². The molecule has 2 unspecified atom stereocenters. The van der Waals surface area contributed by atoms with Crippen LogP contribution in [-0.4, -0.2) is 23.1 Å². The Balaban J connectivity index is 1.67. The topological polar surface area (TPSA) is 29.1 Å². The Kier molecular flexibility index (Phi) is 4.95. The summed E-state index contributed by atoms with van der Waals surface area (Å²) < 4.78 is 0. The molecule has 1 aliphatic carbocycles. The second-order valence-electron chi connectivity index (χ2n) is 5.60. The first-order valence-electron chi connectivity index (χ1n) is 7.38. The van der Waals surface area contributed by atoms with E-state index >= 15 is 0 Å². The predicted molar refractivity (Wildman–Crippen MR) is 88.2 cm³/mol. The molecule has 110 valence electrons. The van der Waals surface area contributed by atoms with E-state index in [0.717, 1.165) is 29.9 Å². The summed E-state index contributed by atoms with van der Waals surface area (Å²) in [6.45, 7) is 0. The lowest BCUT2D eigenvalue weighted by Crippen LogP contribution is -2.40. The van der Waals surface area contributed by atoms with Gasteiger partial charge in [-0.2, -0.15) is 11.8 Å². The van der Waals surface area contributed by atoms with E-state index < -0.39 is 0 Å². The predicted octanol–water partition coefficient (Wildman–Crippen LogP) is 4.21. The second kappa shape index (κ2) is 6.71. The summed E-state index contributed by atoms with van der Waals surface area (Å²) in [5.41, 5.74) is 1.36. The first kappa shape index (κ1) is 14.7. The Labute approximate surface area is 133 Å². The van der Waals surface area contributed by atoms with Crippen LogP contribution in [0.15, 0.2) is 6.07 Å². The quantitative estimate of drug-likeness (QED) is 0.650. The van der Waals surface area contributed by atoms with Crippen LogP contribution < -0.4 is 5.32 Å². The number of fused-ring (bicyclic) bond motifs is 1. The zero-order chi connectivity index (χ0) is 13.9. The van der Waals surface area contributed by atoms with Gasteiger partial charge in [-0.3, -0.25) is 4.79 Å². The third kappa shape index (κ3) is 3.34. The Morgan fingerprint density at radius 1 is 1.30 bits per heavy atom. The number of carbonyl (C=O) groups is 1. The van der Waals surface area contributed by atoms with Crippen molar-refractivity contribution >= 4 is 40.6 Å². The van der Waals surface area contributed by atoms with Crippen LogP contribution in [0.3, 0.4) is 0 Å². The Morgan fingerprint density at radius 2 is 2.15 bits per heavy atom. The normalized spacial score (nSPS) is 26.6. The molecule has 0 aromatic carbocycles. The largest absolute Gasteiger partial charge is 0.347 e. The van der Waals surface area contributed by atoms with E-state index in [-0.39, 0.29) is 17.3 Å². The molecule has 1 N–H and O–H groups in total. The molecular weight excluding hydrogens is 310 g/mol. The molecular formula is C15H20ClNOS2. The van der Waals surface area contributed by atoms with Gasteiger partial charge in [-0.05, 0) is 36.6 Å². The van der Waals surface area contributed by atoms with Crippen molar-refractivity contribution < 1.29 is 4.79 Å². The Hall–Kier alpha value is -0.190. The van der Waals surface area contributed by atoms with Crippen molar-refractivity contribution in [2.75, 3.05) is 5.75 Å². The van der Waals surface area contributed by atoms with Gasteiger partial charge in [0.2, 0.25) is 0 Å². The van der Waals surface area contributed by atoms with E-state index in [1.807, 2.05) is 11.8 Å². The molecule has 0 bridgehead atoms. The Morgan fingerprint density at radius 3 is 3.00 bits per heavy atom. The molecule has 1 aliphatic heterocycles. The van der Waals surface area contributed by atoms with Gasteiger partial charge >= 0.3 is 0 Å². The van der Waals surface area contributed by atoms with Crippen LogP contribution >= 0.6 is 34.7 Å². The zero-order valence-corrected chi connectivity index (χ0v) is 13.9. The number of alkyl halides is 1. The molecule has 20 heavy (non-hydrogen) atoms. The maximum atomic E-state index is 12.4. The van der Waals surface area contributed by atoms with E-state index in [0.29, 0.717) is 0 Å². The highest BCUT2D eigenvalue weighted by Gasteiger charge is 2.25. The highest BCUT2D eigenvalue weighted by molar-refractivity contribution is 7.98. The number of nitrogens with one attached hydrogen (secondary N) is 1. The van der Waals surface area contributed by atoms with Crippen molar-refractivity contribution in [1.29, 1.82) is 0 Å². The van der Waals surface area contributed by atoms with Crippen molar-refractivity contribution in [2.24, 2.45) is 0 Å². The number of aryl methyl sites for hydroxylation is 1. The second-order valence-corrected chi connectivity index (χ2v) is 8.40. The summed E-state index contributed by atoms with van der Waals surface area (Å²) in [6.07, 6.45) is 6.74. The molecule has 2 heterocycles. The molecule has 2 nitrogen and oxygen atoms in total. The molecule has 1 saturated carbocycles. The molecule has 1 fully saturated rings. The van der Waals surface area contributed by atoms with Crippen LogP contribution in [0.5, 0.6) is 0 Å². The highest BCUT2D eigenvalue weighted by Crippen LogP contribution is 2.32. The molecule has 1 aromatic heterocycles. The van der Waals surface area contributed by atoms with Gasteiger partial charge in [0.15, 0.2) is 0 Å². The van der Waals surface area contributed by atoms with Crippen LogP contribution in [0.1, 0.15) is 52.2 Å². The number of amides is 1. The Bertz CT molecular complexity index is 465. The van der Waals surface area contributed by atoms with Crippen molar-refractivity contribution in [3.63, 3.8) is 0 Å². The van der Waals surface area contributed by atoms with Crippen molar-refractivity contribution in [3.05, 3.63) is 21.4 Å². The number of rotatable bonds is 2. The highest BCUT2D eigenvalue weighted by atomic mass is 35.5. The molecule has 2 aliphatic rings. The smallest absolute Gasteiger partial charge is 0.261 e. The minimum Gasteiger partial charge on any atom is -0.347 e. The fourth-order valence-electron chi connectivity index (χ4n) is 2.92. The van der Waals surface area contributed by atoms with Gasteiger partial charge in [-0.1, -0.05) is 19.3 Å². The SMILES string of the molecule is O=C(NC1CCCCCC1Cl)c1cc2c(s1)CCSC2. The third-order valence-electron chi connectivity index (χ3n) is 4.10. The van der Waals surface area contributed by atoms with E-state index in [2.05, 4.69) is 11.4 Å². The molecule has 0 radical (unpaired) electrons. The fraction of sp³-hybridized carbons (Fsp3) is 0.667. The maximum absolute atomic E-state index is 12.4. The van der Waals surface area contributed by atoms with E-state index in [1.165, 1.54) is 35.5 Å². The van der Waals surface area contributed by atoms with Crippen LogP contribution in [0.2, 0.25) is 0 Å². The van der Waals surface area contributed by atoms with Gasteiger partial charge in [0.05, 0.1) is 10.3 Å². The fourth-order valence-corrected chi connectivity index (χ4v) is 5.54. The molecule has 0 spiro atoms. The minimum atomic E-state index is 0.0759. The van der Waals surface area contributed by atoms with Gasteiger partial charge in [-0.25, -0.2) is 0 Å². The zero-order valence-electron chi connectivity index (χ0n) is 11.5. The number of thioether (sulfide) groups is 1. The van der Waals surface area contributed by atoms with Crippen LogP contribution in [0.25, 0.3) is 0 Å². The van der Waals surface area contributed by atoms with Crippen molar-refractivity contribution in [2.45, 2.75) is 55.7 Å². The van der Waals surface area contributed by atoms with Crippen molar-refractivity contribution in [3.8, 4) is 0 Å². The molecule has 2 atom stereocenters. The molecule has 3 rings (SSSR count). The first-order valence-corrected chi connectivity index (χ1v) is 9.79. The maximum Gasteiger partial charge on any atom is 0.261 e. The minimum absolute atomic E-state index is 0.0759.